The third kappa shape index (κ3) is 10500. The zero-order chi connectivity index (χ0) is 9.00. The Labute approximate surface area is 104 Å². The largest absolute Gasteiger partial charge is 0.759 e. The average molecular weight is 355 g/mol. The summed E-state index contributed by atoms with van der Waals surface area (Å²) in [6.07, 6.45) is 0. The molecule has 0 atom stereocenters. The number of rotatable bonds is 0. The van der Waals surface area contributed by atoms with Crippen LogP contribution >= 0.6 is 0 Å². The normalized spacial score (nSPS) is 7.73. The minimum atomic E-state index is -5.17. The zero-order valence-electron chi connectivity index (χ0n) is 6.58. The molecule has 12 nitrogen and oxygen atoms in total. The Morgan fingerprint density at radius 2 is 0.533 bits per heavy atom. The van der Waals surface area contributed by atoms with Crippen LogP contribution in [-0.2, 0) is 47.0 Å². The van der Waals surface area contributed by atoms with Gasteiger partial charge in [0.25, 0.3) is 0 Å². The molecule has 15 heavy (non-hydrogen) atoms. The van der Waals surface area contributed by atoms with Gasteiger partial charge >= 0.3 is 0 Å². The summed E-state index contributed by atoms with van der Waals surface area (Å²) in [5, 5.41) is 0. The summed E-state index contributed by atoms with van der Waals surface area (Å²) in [6, 6.07) is 0. The summed E-state index contributed by atoms with van der Waals surface area (Å²) < 4.78 is 68.2. The van der Waals surface area contributed by atoms with E-state index >= 15 is 0 Å². The van der Waals surface area contributed by atoms with Crippen molar-refractivity contribution in [2.75, 3.05) is 0 Å². The average Bonchev–Trinajstić information content (AvgIpc) is 1.12. The molecule has 0 saturated heterocycles. The number of hydrogen-bond acceptors (Lipinski definition) is 8. The van der Waals surface area contributed by atoms with Crippen LogP contribution in [0.5, 0.6) is 0 Å². The van der Waals surface area contributed by atoms with E-state index in [1.54, 1.807) is 0 Å². The van der Waals surface area contributed by atoms with Gasteiger partial charge in [-0.25, -0.2) is 0 Å². The van der Waals surface area contributed by atoms with Gasteiger partial charge in [0, 0.05) is 47.0 Å². The van der Waals surface area contributed by atoms with Crippen molar-refractivity contribution in [1.82, 2.24) is 0 Å². The third-order valence-electron chi connectivity index (χ3n) is 0. The Balaban J connectivity index is -0.0000000128. The van der Waals surface area contributed by atoms with Gasteiger partial charge in [-0.1, -0.05) is 0 Å². The van der Waals surface area contributed by atoms with Gasteiger partial charge in [-0.15, -0.1) is 0 Å². The van der Waals surface area contributed by atoms with E-state index in [0.29, 0.717) is 0 Å². The van der Waals surface area contributed by atoms with Gasteiger partial charge < -0.3 is 40.1 Å². The van der Waals surface area contributed by atoms with Crippen molar-refractivity contribution in [3.05, 3.63) is 0 Å². The summed E-state index contributed by atoms with van der Waals surface area (Å²) in [5.41, 5.74) is 0. The maximum atomic E-state index is 8.52. The third-order valence-corrected chi connectivity index (χ3v) is 0. The van der Waals surface area contributed by atoms with Crippen molar-refractivity contribution in [2.24, 2.45) is 0 Å². The molecule has 0 aliphatic rings. The first kappa shape index (κ1) is 45.2. The summed E-state index contributed by atoms with van der Waals surface area (Å²) in [4.78, 5) is 0. The van der Waals surface area contributed by atoms with Crippen molar-refractivity contribution in [3.8, 4) is 0 Å². The minimum absolute atomic E-state index is 0. The fourth-order valence-electron chi connectivity index (χ4n) is 0. The molecule has 15 heteroatoms. The predicted octanol–water partition coefficient (Wildman–Crippen LogP) is -5.98. The van der Waals surface area contributed by atoms with E-state index in [1.165, 1.54) is 0 Å². The predicted molar refractivity (Wildman–Crippen MR) is 35.4 cm³/mol. The second kappa shape index (κ2) is 16.9. The first-order chi connectivity index (χ1) is 4.00. The molecule has 0 heterocycles. The molecule has 0 unspecified atom stereocenters. The Bertz CT molecular complexity index is 210. The molecule has 0 aliphatic heterocycles. The van der Waals surface area contributed by atoms with Crippen LogP contribution in [0.1, 0.15) is 0 Å². The molecule has 0 spiro atoms. The van der Waals surface area contributed by atoms with Crippen molar-refractivity contribution >= 4 is 20.8 Å². The molecule has 100 valence electrons. The van der Waals surface area contributed by atoms with E-state index in [0.717, 1.165) is 0 Å². The van der Waals surface area contributed by atoms with Crippen LogP contribution in [0.25, 0.3) is 0 Å². The van der Waals surface area contributed by atoms with E-state index in [4.69, 9.17) is 35.0 Å². The van der Waals surface area contributed by atoms with E-state index in [-0.39, 0.29) is 48.1 Å². The molecule has 0 aromatic rings. The molecule has 0 rings (SSSR count). The maximum absolute atomic E-state index is 8.52. The summed E-state index contributed by atoms with van der Waals surface area (Å²) in [6.45, 7) is 0. The molecule has 0 saturated carbocycles. The second-order valence-corrected chi connectivity index (χ2v) is 2.45. The second-order valence-electron chi connectivity index (χ2n) is 0.816. The van der Waals surface area contributed by atoms with E-state index in [9.17, 15) is 0 Å². The summed E-state index contributed by atoms with van der Waals surface area (Å²) in [7, 11) is -10.3. The van der Waals surface area contributed by atoms with Gasteiger partial charge in [0.15, 0.2) is 0 Å². The molecule has 8 N–H and O–H groups in total. The molecule has 0 aromatic carbocycles. The zero-order valence-corrected chi connectivity index (χ0v) is 10.7. The SMILES string of the molecule is O.O.O.O.O=S(=O)([O-])[O-].O=S(=O)([O-])[O-].[Zr]. The maximum Gasteiger partial charge on any atom is 0.0311 e. The van der Waals surface area contributed by atoms with E-state index in [1.807, 2.05) is 0 Å². The Hall–Kier alpha value is 0.463. The molecular weight excluding hydrogens is 347 g/mol. The summed E-state index contributed by atoms with van der Waals surface area (Å²) >= 11 is 0. The van der Waals surface area contributed by atoms with Gasteiger partial charge in [0.1, 0.15) is 0 Å². The van der Waals surface area contributed by atoms with Gasteiger partial charge in [-0.3, -0.25) is 16.8 Å². The molecular formula is H8O12S2Zr-4. The molecule has 0 aliphatic carbocycles. The topological polar surface area (TPSA) is 287 Å². The van der Waals surface area contributed by atoms with Crippen molar-refractivity contribution < 1.29 is 83.2 Å². The van der Waals surface area contributed by atoms with E-state index < -0.39 is 20.8 Å². The smallest absolute Gasteiger partial charge is 0.0311 e. The fraction of sp³-hybridized carbons (Fsp3) is 0. The first-order valence-corrected chi connectivity index (χ1v) is 4.00. The monoisotopic (exact) mass is 354 g/mol. The molecule has 0 amide bonds. The fourth-order valence-corrected chi connectivity index (χ4v) is 0. The van der Waals surface area contributed by atoms with Gasteiger partial charge in [0.2, 0.25) is 0 Å². The van der Waals surface area contributed by atoms with Crippen LogP contribution in [0.3, 0.4) is 0 Å². The van der Waals surface area contributed by atoms with Gasteiger partial charge in [0.05, 0.1) is 0 Å². The molecule has 0 fully saturated rings. The van der Waals surface area contributed by atoms with Crippen LogP contribution in [0, 0.1) is 0 Å². The van der Waals surface area contributed by atoms with Crippen molar-refractivity contribution in [1.29, 1.82) is 0 Å². The van der Waals surface area contributed by atoms with Crippen LogP contribution in [0.4, 0.5) is 0 Å². The molecule has 0 radical (unpaired) electrons. The van der Waals surface area contributed by atoms with Crippen molar-refractivity contribution in [2.45, 2.75) is 0 Å². The van der Waals surface area contributed by atoms with Crippen LogP contribution in [-0.4, -0.2) is 57.0 Å². The molecule has 0 aromatic heterocycles. The summed E-state index contributed by atoms with van der Waals surface area (Å²) in [5.74, 6) is 0. The van der Waals surface area contributed by atoms with Crippen molar-refractivity contribution in [3.63, 3.8) is 0 Å². The first-order valence-electron chi connectivity index (χ1n) is 1.33. The Kier molecular flexibility index (Phi) is 50.8. The van der Waals surface area contributed by atoms with Crippen LogP contribution in [0.2, 0.25) is 0 Å². The quantitative estimate of drug-likeness (QED) is 0.296. The van der Waals surface area contributed by atoms with Gasteiger partial charge in [-0.2, -0.15) is 0 Å². The van der Waals surface area contributed by atoms with E-state index in [2.05, 4.69) is 0 Å². The minimum Gasteiger partial charge on any atom is -0.759 e. The number of hydrogen-bond donors (Lipinski definition) is 0. The van der Waals surface area contributed by atoms with Gasteiger partial charge in [-0.05, 0) is 0 Å². The Morgan fingerprint density at radius 3 is 0.533 bits per heavy atom. The standard InChI is InChI=1S/2H2O4S.4H2O.Zr/c2*1-5(2,3)4;;;;;/h2*(H2,1,2,3,4);4*1H2;/p-4. The van der Waals surface area contributed by atoms with Crippen LogP contribution in [0.15, 0.2) is 0 Å². The molecule has 0 bridgehead atoms. The van der Waals surface area contributed by atoms with Crippen LogP contribution < -0.4 is 0 Å². The Morgan fingerprint density at radius 1 is 0.533 bits per heavy atom.